The highest BCUT2D eigenvalue weighted by Crippen LogP contribution is 2.30. The van der Waals surface area contributed by atoms with Crippen molar-refractivity contribution in [2.45, 2.75) is 6.92 Å². The minimum absolute atomic E-state index is 0.0881. The molecule has 5 rings (SSSR count). The quantitative estimate of drug-likeness (QED) is 0.373. The minimum Gasteiger partial charge on any atom is -0.368 e. The number of para-hydroxylation sites is 1. The van der Waals surface area contributed by atoms with Crippen LogP contribution in [0.1, 0.15) is 16.1 Å². The molecule has 0 spiro atoms. The highest BCUT2D eigenvalue weighted by Gasteiger charge is 2.26. The van der Waals surface area contributed by atoms with Crippen molar-refractivity contribution in [3.63, 3.8) is 0 Å². The largest absolute Gasteiger partial charge is 0.368 e. The maximum Gasteiger partial charge on any atom is 0.255 e. The molecule has 0 atom stereocenters. The summed E-state index contributed by atoms with van der Waals surface area (Å²) in [6.07, 6.45) is 0. The van der Waals surface area contributed by atoms with Crippen LogP contribution >= 0.6 is 11.6 Å². The van der Waals surface area contributed by atoms with Crippen LogP contribution in [0.15, 0.2) is 91.0 Å². The van der Waals surface area contributed by atoms with Crippen molar-refractivity contribution in [1.82, 2.24) is 9.47 Å². The molecule has 0 radical (unpaired) electrons. The number of rotatable bonds is 4. The van der Waals surface area contributed by atoms with Crippen LogP contribution in [0.3, 0.4) is 0 Å². The molecule has 33 heavy (non-hydrogen) atoms. The van der Waals surface area contributed by atoms with Gasteiger partial charge in [0, 0.05) is 48.3 Å². The van der Waals surface area contributed by atoms with Crippen LogP contribution in [0.2, 0.25) is 5.02 Å². The van der Waals surface area contributed by atoms with Crippen LogP contribution < -0.4 is 4.90 Å². The third kappa shape index (κ3) is 4.27. The van der Waals surface area contributed by atoms with E-state index in [-0.39, 0.29) is 5.91 Å². The molecule has 3 aromatic carbocycles. The van der Waals surface area contributed by atoms with Gasteiger partial charge in [0.05, 0.1) is 11.3 Å². The number of carbonyl (C=O) groups excluding carboxylic acids is 1. The Bertz CT molecular complexity index is 1260. The lowest BCUT2D eigenvalue weighted by Gasteiger charge is -2.36. The summed E-state index contributed by atoms with van der Waals surface area (Å²) in [5.74, 6) is 0.0881. The molecule has 1 aliphatic rings. The van der Waals surface area contributed by atoms with Crippen molar-refractivity contribution in [3.05, 3.63) is 107 Å². The molecule has 0 bridgehead atoms. The number of hydrogen-bond donors (Lipinski definition) is 0. The van der Waals surface area contributed by atoms with Crippen molar-refractivity contribution >= 4 is 23.2 Å². The average Bonchev–Trinajstić information content (AvgIpc) is 3.22. The van der Waals surface area contributed by atoms with E-state index < -0.39 is 0 Å². The van der Waals surface area contributed by atoms with Gasteiger partial charge in [-0.3, -0.25) is 4.79 Å². The van der Waals surface area contributed by atoms with Crippen molar-refractivity contribution < 1.29 is 4.79 Å². The van der Waals surface area contributed by atoms with Crippen molar-refractivity contribution in [3.8, 4) is 16.9 Å². The Morgan fingerprint density at radius 1 is 0.758 bits per heavy atom. The molecule has 5 heteroatoms. The predicted octanol–water partition coefficient (Wildman–Crippen LogP) is 6.07. The lowest BCUT2D eigenvalue weighted by atomic mass is 10.1. The first-order chi connectivity index (χ1) is 16.1. The SMILES string of the molecule is Cc1c(C(=O)N2CCN(c3cccc(Cl)c3)CC2)cc(-c2ccccc2)n1-c1ccccc1. The van der Waals surface area contributed by atoms with Gasteiger partial charge >= 0.3 is 0 Å². The smallest absolute Gasteiger partial charge is 0.255 e. The number of carbonyl (C=O) groups is 1. The molecule has 1 aliphatic heterocycles. The highest BCUT2D eigenvalue weighted by atomic mass is 35.5. The Balaban J connectivity index is 1.44. The van der Waals surface area contributed by atoms with Gasteiger partial charge in [-0.25, -0.2) is 0 Å². The van der Waals surface area contributed by atoms with E-state index in [0.29, 0.717) is 13.1 Å². The second-order valence-corrected chi connectivity index (χ2v) is 8.76. The summed E-state index contributed by atoms with van der Waals surface area (Å²) in [5, 5.41) is 0.734. The molecule has 4 nitrogen and oxygen atoms in total. The Kier molecular flexibility index (Phi) is 5.93. The predicted molar refractivity (Wildman–Crippen MR) is 136 cm³/mol. The number of halogens is 1. The van der Waals surface area contributed by atoms with E-state index in [0.717, 1.165) is 52.0 Å². The van der Waals surface area contributed by atoms with Gasteiger partial charge in [-0.2, -0.15) is 0 Å². The summed E-state index contributed by atoms with van der Waals surface area (Å²) in [4.78, 5) is 17.9. The zero-order valence-corrected chi connectivity index (χ0v) is 19.4. The fraction of sp³-hybridized carbons (Fsp3) is 0.179. The Morgan fingerprint density at radius 2 is 1.39 bits per heavy atom. The summed E-state index contributed by atoms with van der Waals surface area (Å²) < 4.78 is 2.19. The van der Waals surface area contributed by atoms with Gasteiger partial charge in [0.1, 0.15) is 0 Å². The molecule has 0 N–H and O–H groups in total. The lowest BCUT2D eigenvalue weighted by molar-refractivity contribution is 0.0746. The van der Waals surface area contributed by atoms with Crippen LogP contribution in [0.4, 0.5) is 5.69 Å². The minimum atomic E-state index is 0.0881. The van der Waals surface area contributed by atoms with Crippen LogP contribution in [0.5, 0.6) is 0 Å². The van der Waals surface area contributed by atoms with E-state index in [1.165, 1.54) is 0 Å². The van der Waals surface area contributed by atoms with Gasteiger partial charge in [0.15, 0.2) is 0 Å². The zero-order chi connectivity index (χ0) is 22.8. The second kappa shape index (κ2) is 9.16. The summed E-state index contributed by atoms with van der Waals surface area (Å²) in [6.45, 7) is 4.98. The molecular weight excluding hydrogens is 430 g/mol. The Morgan fingerprint density at radius 3 is 2.06 bits per heavy atom. The first-order valence-electron chi connectivity index (χ1n) is 11.2. The third-order valence-corrected chi connectivity index (χ3v) is 6.54. The second-order valence-electron chi connectivity index (χ2n) is 8.32. The number of anilines is 1. The molecule has 1 saturated heterocycles. The van der Waals surface area contributed by atoms with Crippen LogP contribution in [-0.4, -0.2) is 41.6 Å². The summed E-state index contributed by atoms with van der Waals surface area (Å²) in [5.41, 5.74) is 6.00. The third-order valence-electron chi connectivity index (χ3n) is 6.30. The zero-order valence-electron chi connectivity index (χ0n) is 18.6. The average molecular weight is 456 g/mol. The lowest BCUT2D eigenvalue weighted by Crippen LogP contribution is -2.48. The van der Waals surface area contributed by atoms with E-state index in [1.54, 1.807) is 0 Å². The normalized spacial score (nSPS) is 13.9. The number of nitrogens with zero attached hydrogens (tertiary/aromatic N) is 3. The molecule has 4 aromatic rings. The monoisotopic (exact) mass is 455 g/mol. The van der Waals surface area contributed by atoms with Gasteiger partial charge in [-0.15, -0.1) is 0 Å². The number of piperazine rings is 1. The van der Waals surface area contributed by atoms with Crippen LogP contribution in [-0.2, 0) is 0 Å². The fourth-order valence-corrected chi connectivity index (χ4v) is 4.75. The first kappa shape index (κ1) is 21.4. The van der Waals surface area contributed by atoms with Gasteiger partial charge in [-0.05, 0) is 48.9 Å². The summed E-state index contributed by atoms with van der Waals surface area (Å²) in [7, 11) is 0. The molecule has 1 fully saturated rings. The molecule has 1 aromatic heterocycles. The van der Waals surface area contributed by atoms with Crippen molar-refractivity contribution in [1.29, 1.82) is 0 Å². The topological polar surface area (TPSA) is 28.5 Å². The van der Waals surface area contributed by atoms with E-state index >= 15 is 0 Å². The van der Waals surface area contributed by atoms with E-state index in [4.69, 9.17) is 11.6 Å². The molecule has 0 unspecified atom stereocenters. The van der Waals surface area contributed by atoms with Gasteiger partial charge in [0.25, 0.3) is 5.91 Å². The number of benzene rings is 3. The van der Waals surface area contributed by atoms with Gasteiger partial charge in [-0.1, -0.05) is 66.2 Å². The van der Waals surface area contributed by atoms with Crippen LogP contribution in [0.25, 0.3) is 16.9 Å². The van der Waals surface area contributed by atoms with E-state index in [2.05, 4.69) is 39.8 Å². The molecular formula is C28H26ClN3O. The van der Waals surface area contributed by atoms with Gasteiger partial charge in [0.2, 0.25) is 0 Å². The van der Waals surface area contributed by atoms with E-state index in [9.17, 15) is 4.79 Å². The van der Waals surface area contributed by atoms with Crippen molar-refractivity contribution in [2.75, 3.05) is 31.1 Å². The Labute approximate surface area is 199 Å². The highest BCUT2D eigenvalue weighted by molar-refractivity contribution is 6.30. The molecule has 166 valence electrons. The molecule has 0 saturated carbocycles. The van der Waals surface area contributed by atoms with Crippen molar-refractivity contribution in [2.24, 2.45) is 0 Å². The fourth-order valence-electron chi connectivity index (χ4n) is 4.57. The maximum atomic E-state index is 13.6. The Hall–Kier alpha value is -3.50. The number of amides is 1. The molecule has 0 aliphatic carbocycles. The standard InChI is InChI=1S/C28H26ClN3O/c1-21-26(28(33)31-17-15-30(16-18-31)25-14-8-11-23(29)19-25)20-27(22-9-4-2-5-10-22)32(21)24-12-6-3-7-13-24/h2-14,19-20H,15-18H2,1H3. The van der Waals surface area contributed by atoms with Gasteiger partial charge < -0.3 is 14.4 Å². The summed E-state index contributed by atoms with van der Waals surface area (Å²) in [6, 6.07) is 30.4. The number of hydrogen-bond acceptors (Lipinski definition) is 2. The first-order valence-corrected chi connectivity index (χ1v) is 11.6. The van der Waals surface area contributed by atoms with E-state index in [1.807, 2.05) is 72.5 Å². The van der Waals surface area contributed by atoms with Crippen LogP contribution in [0, 0.1) is 6.92 Å². The molecule has 1 amide bonds. The summed E-state index contributed by atoms with van der Waals surface area (Å²) >= 11 is 6.17. The number of aromatic nitrogens is 1. The molecule has 2 heterocycles. The maximum absolute atomic E-state index is 13.6.